The first kappa shape index (κ1) is 15.3. The number of ether oxygens (including phenoxy) is 1. The van der Waals surface area contributed by atoms with Gasteiger partial charge in [0.25, 0.3) is 0 Å². The van der Waals surface area contributed by atoms with Crippen molar-refractivity contribution in [1.29, 1.82) is 0 Å². The molecule has 1 aliphatic carbocycles. The summed E-state index contributed by atoms with van der Waals surface area (Å²) in [6.07, 6.45) is 12.7. The van der Waals surface area contributed by atoms with Gasteiger partial charge in [-0.3, -0.25) is 0 Å². The zero-order valence-corrected chi connectivity index (χ0v) is 13.0. The molecule has 0 amide bonds. The van der Waals surface area contributed by atoms with Gasteiger partial charge in [-0.25, -0.2) is 0 Å². The Morgan fingerprint density at radius 2 is 2.16 bits per heavy atom. The summed E-state index contributed by atoms with van der Waals surface area (Å²) < 4.78 is 5.74. The molecule has 2 heteroatoms. The van der Waals surface area contributed by atoms with Gasteiger partial charge >= 0.3 is 0 Å². The fourth-order valence-electron chi connectivity index (χ4n) is 3.89. The Bertz CT molecular complexity index is 237. The van der Waals surface area contributed by atoms with E-state index in [9.17, 15) is 0 Å². The van der Waals surface area contributed by atoms with Crippen molar-refractivity contribution in [2.24, 2.45) is 11.8 Å². The van der Waals surface area contributed by atoms with E-state index in [4.69, 9.17) is 4.74 Å². The summed E-state index contributed by atoms with van der Waals surface area (Å²) in [6, 6.07) is 0.770. The summed E-state index contributed by atoms with van der Waals surface area (Å²) in [5.74, 6) is 1.89. The van der Waals surface area contributed by atoms with Crippen molar-refractivity contribution in [3.8, 4) is 0 Å². The minimum atomic E-state index is 0.578. The van der Waals surface area contributed by atoms with Crippen LogP contribution in [0.2, 0.25) is 0 Å². The fourth-order valence-corrected chi connectivity index (χ4v) is 3.89. The van der Waals surface area contributed by atoms with Crippen LogP contribution in [0.1, 0.15) is 71.6 Å². The molecule has 0 radical (unpaired) electrons. The zero-order chi connectivity index (χ0) is 13.5. The lowest BCUT2D eigenvalue weighted by atomic mass is 9.92. The van der Waals surface area contributed by atoms with Crippen LogP contribution in [0, 0.1) is 11.8 Å². The SMILES string of the molecule is CCCNC(CCCC1CCCO1)C1CCC(C)C1. The van der Waals surface area contributed by atoms with E-state index in [0.29, 0.717) is 6.10 Å². The van der Waals surface area contributed by atoms with E-state index in [1.807, 2.05) is 0 Å². The van der Waals surface area contributed by atoms with Crippen molar-refractivity contribution < 1.29 is 4.74 Å². The molecular formula is C17H33NO. The van der Waals surface area contributed by atoms with Gasteiger partial charge < -0.3 is 10.1 Å². The smallest absolute Gasteiger partial charge is 0.0576 e. The first-order valence-corrected chi connectivity index (χ1v) is 8.64. The van der Waals surface area contributed by atoms with Crippen molar-refractivity contribution >= 4 is 0 Å². The second kappa shape index (κ2) is 8.26. The van der Waals surface area contributed by atoms with Gasteiger partial charge in [-0.05, 0) is 69.7 Å². The molecule has 0 aromatic carbocycles. The molecule has 2 nitrogen and oxygen atoms in total. The Labute approximate surface area is 119 Å². The van der Waals surface area contributed by atoms with Gasteiger partial charge in [0.2, 0.25) is 0 Å². The fraction of sp³-hybridized carbons (Fsp3) is 1.00. The van der Waals surface area contributed by atoms with Crippen LogP contribution in [0.15, 0.2) is 0 Å². The average Bonchev–Trinajstić information content (AvgIpc) is 3.05. The maximum absolute atomic E-state index is 5.74. The summed E-state index contributed by atoms with van der Waals surface area (Å²) in [4.78, 5) is 0. The Morgan fingerprint density at radius 1 is 1.26 bits per heavy atom. The molecule has 0 aromatic heterocycles. The van der Waals surface area contributed by atoms with Gasteiger partial charge in [0.15, 0.2) is 0 Å². The van der Waals surface area contributed by atoms with Gasteiger partial charge in [-0.1, -0.05) is 20.3 Å². The van der Waals surface area contributed by atoms with E-state index in [-0.39, 0.29) is 0 Å². The molecule has 1 saturated carbocycles. The maximum Gasteiger partial charge on any atom is 0.0576 e. The molecule has 112 valence electrons. The first-order valence-electron chi connectivity index (χ1n) is 8.64. The van der Waals surface area contributed by atoms with E-state index < -0.39 is 0 Å². The van der Waals surface area contributed by atoms with E-state index in [0.717, 1.165) is 24.5 Å². The van der Waals surface area contributed by atoms with Crippen LogP contribution in [0.25, 0.3) is 0 Å². The van der Waals surface area contributed by atoms with E-state index in [1.165, 1.54) is 64.3 Å². The molecule has 19 heavy (non-hydrogen) atoms. The van der Waals surface area contributed by atoms with Crippen LogP contribution >= 0.6 is 0 Å². The van der Waals surface area contributed by atoms with Crippen molar-refractivity contribution in [2.45, 2.75) is 83.8 Å². The third-order valence-electron chi connectivity index (χ3n) is 5.03. The molecule has 1 N–H and O–H groups in total. The topological polar surface area (TPSA) is 21.3 Å². The maximum atomic E-state index is 5.74. The highest BCUT2D eigenvalue weighted by molar-refractivity contribution is 4.83. The normalized spacial score (nSPS) is 32.8. The summed E-state index contributed by atoms with van der Waals surface area (Å²) in [5.41, 5.74) is 0. The van der Waals surface area contributed by atoms with Gasteiger partial charge in [0, 0.05) is 12.6 Å². The predicted octanol–water partition coefficient (Wildman–Crippen LogP) is 4.14. The molecule has 0 spiro atoms. The number of hydrogen-bond acceptors (Lipinski definition) is 2. The van der Waals surface area contributed by atoms with Crippen molar-refractivity contribution in [1.82, 2.24) is 5.32 Å². The van der Waals surface area contributed by atoms with Gasteiger partial charge in [0.1, 0.15) is 0 Å². The molecule has 1 saturated heterocycles. The highest BCUT2D eigenvalue weighted by Gasteiger charge is 2.28. The summed E-state index contributed by atoms with van der Waals surface area (Å²) in [7, 11) is 0. The Balaban J connectivity index is 1.69. The van der Waals surface area contributed by atoms with Crippen molar-refractivity contribution in [3.05, 3.63) is 0 Å². The minimum absolute atomic E-state index is 0.578. The highest BCUT2D eigenvalue weighted by Crippen LogP contribution is 2.34. The second-order valence-electron chi connectivity index (χ2n) is 6.80. The molecule has 0 aromatic rings. The van der Waals surface area contributed by atoms with E-state index >= 15 is 0 Å². The Morgan fingerprint density at radius 3 is 2.79 bits per heavy atom. The third kappa shape index (κ3) is 5.07. The number of hydrogen-bond donors (Lipinski definition) is 1. The molecule has 2 aliphatic rings. The van der Waals surface area contributed by atoms with Crippen molar-refractivity contribution in [2.75, 3.05) is 13.2 Å². The van der Waals surface area contributed by atoms with E-state index in [1.54, 1.807) is 0 Å². The summed E-state index contributed by atoms with van der Waals surface area (Å²) in [6.45, 7) is 6.88. The Kier molecular flexibility index (Phi) is 6.66. The number of nitrogens with one attached hydrogen (secondary N) is 1. The molecule has 1 aliphatic heterocycles. The molecule has 2 fully saturated rings. The van der Waals surface area contributed by atoms with Crippen LogP contribution in [-0.2, 0) is 4.74 Å². The Hall–Kier alpha value is -0.0800. The van der Waals surface area contributed by atoms with Gasteiger partial charge in [-0.2, -0.15) is 0 Å². The van der Waals surface area contributed by atoms with Crippen LogP contribution < -0.4 is 5.32 Å². The van der Waals surface area contributed by atoms with Gasteiger partial charge in [-0.15, -0.1) is 0 Å². The summed E-state index contributed by atoms with van der Waals surface area (Å²) in [5, 5.41) is 3.82. The molecule has 4 unspecified atom stereocenters. The van der Waals surface area contributed by atoms with Crippen LogP contribution in [0.4, 0.5) is 0 Å². The highest BCUT2D eigenvalue weighted by atomic mass is 16.5. The molecule has 4 atom stereocenters. The second-order valence-corrected chi connectivity index (χ2v) is 6.80. The first-order chi connectivity index (χ1) is 9.29. The lowest BCUT2D eigenvalue weighted by molar-refractivity contribution is 0.100. The quantitative estimate of drug-likeness (QED) is 0.713. The standard InChI is InChI=1S/C17H33NO/c1-3-11-18-17(15-10-9-14(2)13-15)8-4-6-16-7-5-12-19-16/h14-18H,3-13H2,1-2H3. The lowest BCUT2D eigenvalue weighted by Gasteiger charge is -2.25. The van der Waals surface area contributed by atoms with Crippen LogP contribution in [0.3, 0.4) is 0 Å². The molecule has 1 heterocycles. The third-order valence-corrected chi connectivity index (χ3v) is 5.03. The van der Waals surface area contributed by atoms with Crippen LogP contribution in [-0.4, -0.2) is 25.3 Å². The molecule has 0 bridgehead atoms. The monoisotopic (exact) mass is 267 g/mol. The van der Waals surface area contributed by atoms with Crippen LogP contribution in [0.5, 0.6) is 0 Å². The molecular weight excluding hydrogens is 234 g/mol. The number of rotatable bonds is 8. The largest absolute Gasteiger partial charge is 0.378 e. The van der Waals surface area contributed by atoms with Gasteiger partial charge in [0.05, 0.1) is 6.10 Å². The van der Waals surface area contributed by atoms with Crippen molar-refractivity contribution in [3.63, 3.8) is 0 Å². The zero-order valence-electron chi connectivity index (χ0n) is 13.0. The summed E-state index contributed by atoms with van der Waals surface area (Å²) >= 11 is 0. The predicted molar refractivity (Wildman–Crippen MR) is 81.4 cm³/mol. The lowest BCUT2D eigenvalue weighted by Crippen LogP contribution is -2.36. The molecule has 2 rings (SSSR count). The minimum Gasteiger partial charge on any atom is -0.378 e. The van der Waals surface area contributed by atoms with E-state index in [2.05, 4.69) is 19.2 Å². The average molecular weight is 267 g/mol.